The lowest BCUT2D eigenvalue weighted by Gasteiger charge is -1.97. The smallest absolute Gasteiger partial charge is 0.290 e. The summed E-state index contributed by atoms with van der Waals surface area (Å²) in [6.07, 6.45) is 2.89. The van der Waals surface area contributed by atoms with Crippen LogP contribution in [0.5, 0.6) is 11.0 Å². The quantitative estimate of drug-likeness (QED) is 0.790. The highest BCUT2D eigenvalue weighted by Gasteiger charge is 2.31. The molecular formula is C10H9NO4S3. The number of furan rings is 1. The Morgan fingerprint density at radius 3 is 3.06 bits per heavy atom. The van der Waals surface area contributed by atoms with Crippen LogP contribution in [-0.2, 0) is 9.84 Å². The largest absolute Gasteiger partial charge is 0.434 e. The van der Waals surface area contributed by atoms with Crippen LogP contribution in [0.4, 0.5) is 0 Å². The molecule has 2 aromatic heterocycles. The highest BCUT2D eigenvalue weighted by Crippen LogP contribution is 2.35. The van der Waals surface area contributed by atoms with Crippen molar-refractivity contribution in [1.82, 2.24) is 4.98 Å². The van der Waals surface area contributed by atoms with Crippen molar-refractivity contribution in [2.75, 3.05) is 11.5 Å². The minimum absolute atomic E-state index is 0.108. The van der Waals surface area contributed by atoms with Crippen molar-refractivity contribution in [1.29, 1.82) is 0 Å². The zero-order valence-corrected chi connectivity index (χ0v) is 11.6. The Kier molecular flexibility index (Phi) is 3.08. The summed E-state index contributed by atoms with van der Waals surface area (Å²) >= 11 is 2.67. The molecule has 18 heavy (non-hydrogen) atoms. The van der Waals surface area contributed by atoms with Crippen LogP contribution in [0, 0.1) is 0 Å². The molecule has 1 fully saturated rings. The van der Waals surface area contributed by atoms with Crippen LogP contribution < -0.4 is 4.74 Å². The number of rotatable bonds is 5. The zero-order chi connectivity index (χ0) is 12.6. The first-order chi connectivity index (χ1) is 8.63. The van der Waals surface area contributed by atoms with E-state index < -0.39 is 9.84 Å². The Bertz CT molecular complexity index is 628. The van der Waals surface area contributed by atoms with Gasteiger partial charge in [0.2, 0.25) is 19.2 Å². The van der Waals surface area contributed by atoms with E-state index in [0.29, 0.717) is 11.0 Å². The molecule has 5 nitrogen and oxygen atoms in total. The molecule has 1 aliphatic rings. The Labute approximate surface area is 112 Å². The van der Waals surface area contributed by atoms with Gasteiger partial charge in [-0.1, -0.05) is 11.3 Å². The number of thiazole rings is 1. The van der Waals surface area contributed by atoms with E-state index in [4.69, 9.17) is 9.15 Å². The molecule has 3 heterocycles. The van der Waals surface area contributed by atoms with Crippen LogP contribution in [0.1, 0.15) is 0 Å². The van der Waals surface area contributed by atoms with E-state index in [-0.39, 0.29) is 15.3 Å². The summed E-state index contributed by atoms with van der Waals surface area (Å²) in [6, 6.07) is 3.34. The van der Waals surface area contributed by atoms with E-state index >= 15 is 0 Å². The van der Waals surface area contributed by atoms with Gasteiger partial charge in [-0.2, -0.15) is 11.8 Å². The zero-order valence-electron chi connectivity index (χ0n) is 9.11. The maximum absolute atomic E-state index is 12.0. The summed E-state index contributed by atoms with van der Waals surface area (Å²) in [6.45, 7) is 0. The third-order valence-corrected chi connectivity index (χ3v) is 6.58. The van der Waals surface area contributed by atoms with Gasteiger partial charge in [0.25, 0.3) is 5.95 Å². The number of hydrogen-bond donors (Lipinski definition) is 0. The van der Waals surface area contributed by atoms with Crippen molar-refractivity contribution < 1.29 is 17.6 Å². The Balaban J connectivity index is 1.76. The molecule has 1 atom stereocenters. The molecule has 0 spiro atoms. The van der Waals surface area contributed by atoms with Gasteiger partial charge in [-0.3, -0.25) is 0 Å². The predicted molar refractivity (Wildman–Crippen MR) is 69.2 cm³/mol. The van der Waals surface area contributed by atoms with Gasteiger partial charge in [0.05, 0.1) is 18.2 Å². The van der Waals surface area contributed by atoms with E-state index in [1.54, 1.807) is 23.9 Å². The third kappa shape index (κ3) is 2.70. The first-order valence-electron chi connectivity index (χ1n) is 5.15. The molecule has 1 aliphatic heterocycles. The summed E-state index contributed by atoms with van der Waals surface area (Å²) in [4.78, 5) is 3.90. The normalized spacial score (nSPS) is 18.8. The second-order valence-electron chi connectivity index (χ2n) is 3.72. The standard InChI is InChI=1S/C10H9NO4S3/c12-18(13,6-7-5-16-7)10-11-4-9(17-10)15-8-2-1-3-14-8/h1-4,7H,5-6H2. The Morgan fingerprint density at radius 2 is 2.39 bits per heavy atom. The molecule has 8 heteroatoms. The first-order valence-corrected chi connectivity index (χ1v) is 8.67. The van der Waals surface area contributed by atoms with Gasteiger partial charge in [-0.15, -0.1) is 0 Å². The second-order valence-corrected chi connectivity index (χ2v) is 8.25. The predicted octanol–water partition coefficient (Wildman–Crippen LogP) is 2.42. The van der Waals surface area contributed by atoms with E-state index in [1.165, 1.54) is 12.5 Å². The maximum Gasteiger partial charge on any atom is 0.290 e. The maximum atomic E-state index is 12.0. The van der Waals surface area contributed by atoms with Crippen molar-refractivity contribution in [3.05, 3.63) is 24.6 Å². The van der Waals surface area contributed by atoms with Gasteiger partial charge >= 0.3 is 0 Å². The summed E-state index contributed by atoms with van der Waals surface area (Å²) in [5.41, 5.74) is 0. The number of hydrogen-bond acceptors (Lipinski definition) is 7. The molecule has 96 valence electrons. The highest BCUT2D eigenvalue weighted by molar-refractivity contribution is 8.08. The van der Waals surface area contributed by atoms with E-state index in [2.05, 4.69) is 4.98 Å². The molecule has 1 saturated heterocycles. The highest BCUT2D eigenvalue weighted by atomic mass is 32.2. The molecule has 0 saturated carbocycles. The van der Waals surface area contributed by atoms with E-state index in [9.17, 15) is 8.42 Å². The molecule has 0 amide bonds. The molecule has 0 aliphatic carbocycles. The molecular weight excluding hydrogens is 294 g/mol. The monoisotopic (exact) mass is 303 g/mol. The molecule has 0 N–H and O–H groups in total. The van der Waals surface area contributed by atoms with Gasteiger partial charge in [0.15, 0.2) is 0 Å². The Morgan fingerprint density at radius 1 is 1.56 bits per heavy atom. The summed E-state index contributed by atoms with van der Waals surface area (Å²) < 4.78 is 34.4. The number of ether oxygens (including phenoxy) is 1. The minimum Gasteiger partial charge on any atom is -0.434 e. The van der Waals surface area contributed by atoms with Crippen LogP contribution in [-0.4, -0.2) is 30.2 Å². The lowest BCUT2D eigenvalue weighted by Crippen LogP contribution is -2.10. The van der Waals surface area contributed by atoms with Crippen molar-refractivity contribution in [3.63, 3.8) is 0 Å². The van der Waals surface area contributed by atoms with Crippen LogP contribution in [0.2, 0.25) is 0 Å². The number of sulfone groups is 1. The van der Waals surface area contributed by atoms with Gasteiger partial charge in [-0.25, -0.2) is 13.4 Å². The fraction of sp³-hybridized carbons (Fsp3) is 0.300. The van der Waals surface area contributed by atoms with E-state index in [0.717, 1.165) is 17.1 Å². The number of nitrogens with zero attached hydrogens (tertiary/aromatic N) is 1. The fourth-order valence-corrected chi connectivity index (χ4v) is 5.09. The van der Waals surface area contributed by atoms with Gasteiger partial charge < -0.3 is 9.15 Å². The lowest BCUT2D eigenvalue weighted by atomic mass is 10.6. The Hall–Kier alpha value is -0.990. The van der Waals surface area contributed by atoms with Crippen molar-refractivity contribution in [3.8, 4) is 11.0 Å². The van der Waals surface area contributed by atoms with Crippen molar-refractivity contribution in [2.45, 2.75) is 9.59 Å². The summed E-state index contributed by atoms with van der Waals surface area (Å²) in [5.74, 6) is 1.39. The average molecular weight is 303 g/mol. The van der Waals surface area contributed by atoms with Crippen LogP contribution >= 0.6 is 23.1 Å². The summed E-state index contributed by atoms with van der Waals surface area (Å²) in [7, 11) is -3.28. The fourth-order valence-electron chi connectivity index (χ4n) is 1.34. The lowest BCUT2D eigenvalue weighted by molar-refractivity contribution is 0.353. The van der Waals surface area contributed by atoms with Crippen molar-refractivity contribution >= 4 is 32.9 Å². The average Bonchev–Trinajstić information content (AvgIpc) is 2.84. The first kappa shape index (κ1) is 12.1. The second kappa shape index (κ2) is 4.60. The van der Waals surface area contributed by atoms with Crippen molar-refractivity contribution in [2.24, 2.45) is 0 Å². The van der Waals surface area contributed by atoms with Crippen LogP contribution in [0.3, 0.4) is 0 Å². The van der Waals surface area contributed by atoms with Crippen LogP contribution in [0.15, 0.2) is 33.3 Å². The number of aromatic nitrogens is 1. The number of thioether (sulfide) groups is 1. The third-order valence-electron chi connectivity index (χ3n) is 2.23. The molecule has 1 unspecified atom stereocenters. The van der Waals surface area contributed by atoms with Gasteiger partial charge in [-0.05, 0) is 6.07 Å². The molecule has 0 aromatic carbocycles. The van der Waals surface area contributed by atoms with Crippen LogP contribution in [0.25, 0.3) is 0 Å². The topological polar surface area (TPSA) is 69.4 Å². The van der Waals surface area contributed by atoms with Gasteiger partial charge in [0, 0.05) is 17.1 Å². The summed E-state index contributed by atoms with van der Waals surface area (Å²) in [5, 5.41) is 0.639. The molecule has 3 rings (SSSR count). The van der Waals surface area contributed by atoms with E-state index in [1.807, 2.05) is 0 Å². The minimum atomic E-state index is -3.28. The van der Waals surface area contributed by atoms with Gasteiger partial charge in [0.1, 0.15) is 0 Å². The molecule has 0 bridgehead atoms. The molecule has 2 aromatic rings. The SMILES string of the molecule is O=S(=O)(CC1CS1)c1ncc(Oc2ccco2)s1. The molecule has 0 radical (unpaired) electrons.